The molecule has 0 spiro atoms. The lowest BCUT2D eigenvalue weighted by Gasteiger charge is -2.32. The van der Waals surface area contributed by atoms with E-state index in [4.69, 9.17) is 4.74 Å². The number of amides is 2. The lowest BCUT2D eigenvalue weighted by Crippen LogP contribution is -2.51. The molecule has 0 bridgehead atoms. The highest BCUT2D eigenvalue weighted by atomic mass is 79.9. The maximum Gasteiger partial charge on any atom is 0.261 e. The number of aryl methyl sites for hydroxylation is 1. The van der Waals surface area contributed by atoms with Gasteiger partial charge in [0.1, 0.15) is 11.8 Å². The Morgan fingerprint density at radius 1 is 1.00 bits per heavy atom. The summed E-state index contributed by atoms with van der Waals surface area (Å²) in [5.41, 5.74) is 4.25. The third kappa shape index (κ3) is 8.19. The SMILES string of the molecule is CCCNC(=O)C(Cc1ccccc1)N(Cc1ccccc1C)C(=O)COc1ccc(C(C)C)cc1Br. The molecule has 0 saturated carbocycles. The number of ether oxygens (including phenoxy) is 1. The van der Waals surface area contributed by atoms with Crippen LogP contribution in [0.15, 0.2) is 77.3 Å². The van der Waals surface area contributed by atoms with Crippen LogP contribution in [0.5, 0.6) is 5.75 Å². The zero-order valence-corrected chi connectivity index (χ0v) is 23.8. The number of nitrogens with one attached hydrogen (secondary N) is 1. The molecule has 0 saturated heterocycles. The van der Waals surface area contributed by atoms with Crippen molar-refractivity contribution in [1.82, 2.24) is 10.2 Å². The number of hydrogen-bond acceptors (Lipinski definition) is 3. The van der Waals surface area contributed by atoms with Crippen LogP contribution >= 0.6 is 15.9 Å². The molecule has 0 heterocycles. The van der Waals surface area contributed by atoms with Crippen molar-refractivity contribution in [3.63, 3.8) is 0 Å². The van der Waals surface area contributed by atoms with Crippen molar-refractivity contribution < 1.29 is 14.3 Å². The highest BCUT2D eigenvalue weighted by Gasteiger charge is 2.31. The van der Waals surface area contributed by atoms with Crippen LogP contribution in [0.3, 0.4) is 0 Å². The first-order valence-electron chi connectivity index (χ1n) is 12.9. The van der Waals surface area contributed by atoms with E-state index in [1.165, 1.54) is 5.56 Å². The highest BCUT2D eigenvalue weighted by Crippen LogP contribution is 2.29. The summed E-state index contributed by atoms with van der Waals surface area (Å²) < 4.78 is 6.78. The van der Waals surface area contributed by atoms with Gasteiger partial charge in [-0.3, -0.25) is 9.59 Å². The fraction of sp³-hybridized carbons (Fsp3) is 0.355. The van der Waals surface area contributed by atoms with Gasteiger partial charge in [0, 0.05) is 19.5 Å². The lowest BCUT2D eigenvalue weighted by molar-refractivity contribution is -0.142. The fourth-order valence-electron chi connectivity index (χ4n) is 4.11. The molecular weight excluding hydrogens is 528 g/mol. The van der Waals surface area contributed by atoms with Crippen LogP contribution in [0.4, 0.5) is 0 Å². The van der Waals surface area contributed by atoms with Gasteiger partial charge in [0.25, 0.3) is 5.91 Å². The molecule has 0 radical (unpaired) electrons. The summed E-state index contributed by atoms with van der Waals surface area (Å²) in [4.78, 5) is 28.8. The van der Waals surface area contributed by atoms with Crippen LogP contribution < -0.4 is 10.1 Å². The van der Waals surface area contributed by atoms with Gasteiger partial charge < -0.3 is 15.0 Å². The largest absolute Gasteiger partial charge is 0.483 e. The Hall–Kier alpha value is -3.12. The second kappa shape index (κ2) is 14.0. The van der Waals surface area contributed by atoms with Gasteiger partial charge in [-0.25, -0.2) is 0 Å². The monoisotopic (exact) mass is 564 g/mol. The van der Waals surface area contributed by atoms with E-state index in [2.05, 4.69) is 35.1 Å². The van der Waals surface area contributed by atoms with Crippen molar-refractivity contribution in [3.8, 4) is 5.75 Å². The summed E-state index contributed by atoms with van der Waals surface area (Å²) in [5.74, 6) is 0.589. The Morgan fingerprint density at radius 3 is 2.35 bits per heavy atom. The third-order valence-corrected chi connectivity index (χ3v) is 7.02. The molecule has 37 heavy (non-hydrogen) atoms. The van der Waals surface area contributed by atoms with E-state index in [-0.39, 0.29) is 18.4 Å². The van der Waals surface area contributed by atoms with E-state index >= 15 is 0 Å². The first kappa shape index (κ1) is 28.5. The van der Waals surface area contributed by atoms with E-state index in [0.717, 1.165) is 27.6 Å². The summed E-state index contributed by atoms with van der Waals surface area (Å²) in [7, 11) is 0. The van der Waals surface area contributed by atoms with E-state index < -0.39 is 6.04 Å². The summed E-state index contributed by atoms with van der Waals surface area (Å²) in [5, 5.41) is 3.01. The molecule has 0 aromatic heterocycles. The standard InChI is InChI=1S/C31H37BrN2O3/c1-5-17-33-31(36)28(18-24-12-7-6-8-13-24)34(20-26-14-10-9-11-23(26)4)30(35)21-37-29-16-15-25(22(2)3)19-27(29)32/h6-16,19,22,28H,5,17-18,20-21H2,1-4H3,(H,33,36). The molecule has 6 heteroatoms. The third-order valence-electron chi connectivity index (χ3n) is 6.40. The Labute approximate surface area is 229 Å². The molecule has 1 unspecified atom stereocenters. The topological polar surface area (TPSA) is 58.6 Å². The van der Waals surface area contributed by atoms with Crippen LogP contribution in [0, 0.1) is 6.92 Å². The predicted octanol–water partition coefficient (Wildman–Crippen LogP) is 6.43. The predicted molar refractivity (Wildman–Crippen MR) is 153 cm³/mol. The summed E-state index contributed by atoms with van der Waals surface area (Å²) in [6, 6.07) is 23.0. The van der Waals surface area contributed by atoms with Crippen molar-refractivity contribution >= 4 is 27.7 Å². The van der Waals surface area contributed by atoms with Gasteiger partial charge >= 0.3 is 0 Å². The fourth-order valence-corrected chi connectivity index (χ4v) is 4.62. The number of rotatable bonds is 12. The van der Waals surface area contributed by atoms with Gasteiger partial charge in [0.2, 0.25) is 5.91 Å². The first-order chi connectivity index (χ1) is 17.8. The van der Waals surface area contributed by atoms with Gasteiger partial charge in [-0.05, 0) is 69.6 Å². The Kier molecular flexibility index (Phi) is 10.8. The van der Waals surface area contributed by atoms with Crippen molar-refractivity contribution in [2.24, 2.45) is 0 Å². The number of benzene rings is 3. The van der Waals surface area contributed by atoms with Gasteiger partial charge in [-0.1, -0.05) is 81.4 Å². The van der Waals surface area contributed by atoms with Gasteiger partial charge in [0.15, 0.2) is 6.61 Å². The van der Waals surface area contributed by atoms with E-state index in [0.29, 0.717) is 31.2 Å². The van der Waals surface area contributed by atoms with E-state index in [1.54, 1.807) is 4.90 Å². The molecular formula is C31H37BrN2O3. The molecule has 0 aliphatic rings. The number of carbonyl (C=O) groups is 2. The van der Waals surface area contributed by atoms with Crippen molar-refractivity contribution in [1.29, 1.82) is 0 Å². The Balaban J connectivity index is 1.90. The van der Waals surface area contributed by atoms with Gasteiger partial charge in [-0.2, -0.15) is 0 Å². The van der Waals surface area contributed by atoms with Crippen LogP contribution in [-0.4, -0.2) is 35.9 Å². The van der Waals surface area contributed by atoms with Crippen molar-refractivity contribution in [2.75, 3.05) is 13.2 Å². The highest BCUT2D eigenvalue weighted by molar-refractivity contribution is 9.10. The Bertz CT molecular complexity index is 1180. The van der Waals surface area contributed by atoms with Crippen LogP contribution in [-0.2, 0) is 22.6 Å². The molecule has 5 nitrogen and oxygen atoms in total. The molecule has 3 aromatic rings. The molecule has 1 N–H and O–H groups in total. The minimum absolute atomic E-state index is 0.157. The molecule has 196 valence electrons. The zero-order valence-electron chi connectivity index (χ0n) is 22.2. The summed E-state index contributed by atoms with van der Waals surface area (Å²) in [6.07, 6.45) is 1.24. The maximum atomic E-state index is 13.7. The smallest absolute Gasteiger partial charge is 0.261 e. The van der Waals surface area contributed by atoms with Gasteiger partial charge in [0.05, 0.1) is 4.47 Å². The van der Waals surface area contributed by atoms with E-state index in [1.807, 2.05) is 86.6 Å². The minimum atomic E-state index is -0.670. The number of nitrogens with zero attached hydrogens (tertiary/aromatic N) is 1. The molecule has 2 amide bonds. The normalized spacial score (nSPS) is 11.7. The molecule has 3 rings (SSSR count). The van der Waals surface area contributed by atoms with Crippen LogP contribution in [0.1, 0.15) is 55.4 Å². The summed E-state index contributed by atoms with van der Waals surface area (Å²) >= 11 is 3.58. The van der Waals surface area contributed by atoms with Crippen molar-refractivity contribution in [2.45, 2.75) is 59.0 Å². The lowest BCUT2D eigenvalue weighted by atomic mass is 10.0. The summed E-state index contributed by atoms with van der Waals surface area (Å²) in [6.45, 7) is 9.00. The minimum Gasteiger partial charge on any atom is -0.483 e. The maximum absolute atomic E-state index is 13.7. The molecule has 1 atom stereocenters. The van der Waals surface area contributed by atoms with Crippen LogP contribution in [0.2, 0.25) is 0 Å². The molecule has 0 fully saturated rings. The zero-order chi connectivity index (χ0) is 26.8. The molecule has 0 aliphatic heterocycles. The molecule has 0 aliphatic carbocycles. The average molecular weight is 566 g/mol. The van der Waals surface area contributed by atoms with Crippen LogP contribution in [0.25, 0.3) is 0 Å². The van der Waals surface area contributed by atoms with Crippen molar-refractivity contribution in [3.05, 3.63) is 99.5 Å². The van der Waals surface area contributed by atoms with Gasteiger partial charge in [-0.15, -0.1) is 0 Å². The number of hydrogen-bond donors (Lipinski definition) is 1. The van der Waals surface area contributed by atoms with E-state index in [9.17, 15) is 9.59 Å². The number of halogens is 1. The first-order valence-corrected chi connectivity index (χ1v) is 13.7. The molecule has 3 aromatic carbocycles. The number of carbonyl (C=O) groups excluding carboxylic acids is 2. The quantitative estimate of drug-likeness (QED) is 0.276. The second-order valence-corrected chi connectivity index (χ2v) is 10.4. The second-order valence-electron chi connectivity index (χ2n) is 9.58. The Morgan fingerprint density at radius 2 is 1.70 bits per heavy atom. The average Bonchev–Trinajstić information content (AvgIpc) is 2.89.